The maximum absolute atomic E-state index is 13.9. The number of para-hydroxylation sites is 1. The molecule has 0 radical (unpaired) electrons. The van der Waals surface area contributed by atoms with Gasteiger partial charge in [-0.2, -0.15) is 0 Å². The Morgan fingerprint density at radius 1 is 1.03 bits per heavy atom. The van der Waals surface area contributed by atoms with Crippen LogP contribution in [0.1, 0.15) is 23.7 Å². The van der Waals surface area contributed by atoms with E-state index in [1.165, 1.54) is 30.3 Å². The largest absolute Gasteiger partial charge is 0.462 e. The van der Waals surface area contributed by atoms with Crippen LogP contribution in [0.25, 0.3) is 0 Å². The van der Waals surface area contributed by atoms with Crippen molar-refractivity contribution < 1.29 is 27.5 Å². The number of primary amides is 1. The molecule has 11 heteroatoms. The monoisotopic (exact) mass is 628 g/mol. The second kappa shape index (κ2) is 11.7. The Bertz CT molecular complexity index is 1310. The second-order valence-electron chi connectivity index (χ2n) is 7.18. The molecule has 0 bridgehead atoms. The average molecular weight is 629 g/mol. The summed E-state index contributed by atoms with van der Waals surface area (Å²) in [5.74, 6) is -0.657. The highest BCUT2D eigenvalue weighted by molar-refractivity contribution is 14.1. The first kappa shape index (κ1) is 26.8. The topological polar surface area (TPSA) is 116 Å². The van der Waals surface area contributed by atoms with Crippen LogP contribution in [0.4, 0.5) is 5.69 Å². The molecule has 0 saturated heterocycles. The molecular formula is C24H22ClIN2O6S. The number of nitrogens with zero attached hydrogens (tertiary/aromatic N) is 1. The predicted octanol–water partition coefficient (Wildman–Crippen LogP) is 4.98. The average Bonchev–Trinajstić information content (AvgIpc) is 2.82. The first-order valence-electron chi connectivity index (χ1n) is 10.4. The van der Waals surface area contributed by atoms with Gasteiger partial charge in [-0.25, -0.2) is 13.2 Å². The molecule has 3 rings (SSSR count). The van der Waals surface area contributed by atoms with E-state index in [4.69, 9.17) is 26.8 Å². The molecule has 2 N–H and O–H groups in total. The lowest BCUT2D eigenvalue weighted by Crippen LogP contribution is -2.34. The van der Waals surface area contributed by atoms with Crippen LogP contribution in [0.5, 0.6) is 11.5 Å². The molecule has 0 saturated carbocycles. The predicted molar refractivity (Wildman–Crippen MR) is 141 cm³/mol. The Labute approximate surface area is 222 Å². The number of ether oxygens (including phenoxy) is 2. The van der Waals surface area contributed by atoms with Crippen molar-refractivity contribution >= 4 is 61.8 Å². The van der Waals surface area contributed by atoms with Crippen LogP contribution in [0.3, 0.4) is 0 Å². The van der Waals surface area contributed by atoms with Crippen molar-refractivity contribution in [3.05, 3.63) is 80.9 Å². The van der Waals surface area contributed by atoms with Crippen molar-refractivity contribution in [2.45, 2.75) is 18.2 Å². The Hall–Kier alpha value is -2.83. The summed E-state index contributed by atoms with van der Waals surface area (Å²) < 4.78 is 40.3. The molecule has 3 aromatic carbocycles. The smallest absolute Gasteiger partial charge is 0.338 e. The molecule has 0 fully saturated rings. The summed E-state index contributed by atoms with van der Waals surface area (Å²) in [5.41, 5.74) is 5.82. The summed E-state index contributed by atoms with van der Waals surface area (Å²) in [4.78, 5) is 23.4. The highest BCUT2D eigenvalue weighted by Gasteiger charge is 2.30. The van der Waals surface area contributed by atoms with Gasteiger partial charge >= 0.3 is 5.97 Å². The van der Waals surface area contributed by atoms with Crippen LogP contribution in [0.2, 0.25) is 5.02 Å². The van der Waals surface area contributed by atoms with Crippen molar-refractivity contribution in [2.24, 2.45) is 5.73 Å². The lowest BCUT2D eigenvalue weighted by atomic mass is 10.2. The molecule has 35 heavy (non-hydrogen) atoms. The van der Waals surface area contributed by atoms with E-state index in [-0.39, 0.29) is 41.5 Å². The third-order valence-electron chi connectivity index (χ3n) is 4.76. The van der Waals surface area contributed by atoms with Crippen LogP contribution in [-0.4, -0.2) is 33.4 Å². The van der Waals surface area contributed by atoms with Crippen LogP contribution >= 0.6 is 34.2 Å². The lowest BCUT2D eigenvalue weighted by Gasteiger charge is -2.25. The first-order chi connectivity index (χ1) is 16.6. The molecule has 0 atom stereocenters. The molecule has 0 spiro atoms. The fraction of sp³-hybridized carbons (Fsp3) is 0.167. The summed E-state index contributed by atoms with van der Waals surface area (Å²) in [6.45, 7) is 1.69. The van der Waals surface area contributed by atoms with E-state index in [1.807, 2.05) is 22.6 Å². The van der Waals surface area contributed by atoms with Crippen LogP contribution in [0.15, 0.2) is 71.6 Å². The second-order valence-corrected chi connectivity index (χ2v) is 10.6. The van der Waals surface area contributed by atoms with Gasteiger partial charge in [-0.15, -0.1) is 0 Å². The van der Waals surface area contributed by atoms with Gasteiger partial charge in [0, 0.05) is 18.0 Å². The number of benzene rings is 3. The molecule has 8 nitrogen and oxygen atoms in total. The molecule has 0 aromatic heterocycles. The number of anilines is 1. The van der Waals surface area contributed by atoms with Gasteiger partial charge in [-0.1, -0.05) is 17.7 Å². The molecule has 3 aromatic rings. The zero-order valence-electron chi connectivity index (χ0n) is 18.6. The van der Waals surface area contributed by atoms with E-state index in [0.717, 1.165) is 4.31 Å². The number of hydrogen-bond donors (Lipinski definition) is 1. The number of nitrogens with two attached hydrogens (primary N) is 1. The number of amides is 1. The molecule has 1 amide bonds. The van der Waals surface area contributed by atoms with E-state index in [2.05, 4.69) is 0 Å². The fourth-order valence-corrected chi connectivity index (χ4v) is 5.63. The minimum absolute atomic E-state index is 0.0988. The van der Waals surface area contributed by atoms with Gasteiger partial charge in [0.05, 0.1) is 21.4 Å². The number of carbonyl (C=O) groups is 2. The quantitative estimate of drug-likeness (QED) is 0.250. The van der Waals surface area contributed by atoms with Crippen molar-refractivity contribution in [2.75, 3.05) is 17.5 Å². The zero-order valence-corrected chi connectivity index (χ0v) is 22.3. The Balaban J connectivity index is 2.05. The van der Waals surface area contributed by atoms with Crippen LogP contribution in [0, 0.1) is 3.57 Å². The molecule has 0 heterocycles. The minimum Gasteiger partial charge on any atom is -0.462 e. The van der Waals surface area contributed by atoms with Gasteiger partial charge in [0.15, 0.2) is 5.75 Å². The molecule has 0 unspecified atom stereocenters. The SMILES string of the molecule is CCOC(=O)c1ccc(N(CCC(N)=O)S(=O)(=O)c2cccc(I)c2Oc2ccc(Cl)cc2)cc1. The summed E-state index contributed by atoms with van der Waals surface area (Å²) in [7, 11) is -4.22. The van der Waals surface area contributed by atoms with E-state index in [1.54, 1.807) is 43.3 Å². The Morgan fingerprint density at radius 2 is 1.69 bits per heavy atom. The van der Waals surface area contributed by atoms with E-state index < -0.39 is 21.9 Å². The summed E-state index contributed by atoms with van der Waals surface area (Å²) >= 11 is 7.93. The fourth-order valence-electron chi connectivity index (χ4n) is 3.11. The van der Waals surface area contributed by atoms with Gasteiger partial charge in [0.25, 0.3) is 10.0 Å². The van der Waals surface area contributed by atoms with Gasteiger partial charge in [0.2, 0.25) is 5.91 Å². The summed E-state index contributed by atoms with van der Waals surface area (Å²) in [5, 5.41) is 0.511. The van der Waals surface area contributed by atoms with Gasteiger partial charge in [0.1, 0.15) is 10.6 Å². The van der Waals surface area contributed by atoms with Gasteiger partial charge < -0.3 is 15.2 Å². The molecule has 0 aliphatic heterocycles. The van der Waals surface area contributed by atoms with Gasteiger partial charge in [-0.05, 0) is 90.2 Å². The van der Waals surface area contributed by atoms with E-state index in [0.29, 0.717) is 14.3 Å². The normalized spacial score (nSPS) is 11.1. The van der Waals surface area contributed by atoms with Crippen molar-refractivity contribution in [3.63, 3.8) is 0 Å². The number of sulfonamides is 1. The van der Waals surface area contributed by atoms with Crippen molar-refractivity contribution in [1.82, 2.24) is 0 Å². The zero-order chi connectivity index (χ0) is 25.6. The third kappa shape index (κ3) is 6.65. The molecule has 184 valence electrons. The number of hydrogen-bond acceptors (Lipinski definition) is 6. The molecule has 0 aliphatic rings. The van der Waals surface area contributed by atoms with Crippen LogP contribution in [-0.2, 0) is 19.6 Å². The Morgan fingerprint density at radius 3 is 2.29 bits per heavy atom. The first-order valence-corrected chi connectivity index (χ1v) is 13.3. The minimum atomic E-state index is -4.22. The molecule has 0 aliphatic carbocycles. The maximum Gasteiger partial charge on any atom is 0.338 e. The maximum atomic E-state index is 13.9. The summed E-state index contributed by atoms with van der Waals surface area (Å²) in [6, 6.07) is 17.1. The van der Waals surface area contributed by atoms with Crippen molar-refractivity contribution in [1.29, 1.82) is 0 Å². The highest BCUT2D eigenvalue weighted by Crippen LogP contribution is 2.37. The third-order valence-corrected chi connectivity index (χ3v) is 7.71. The van der Waals surface area contributed by atoms with Gasteiger partial charge in [-0.3, -0.25) is 9.10 Å². The van der Waals surface area contributed by atoms with Crippen LogP contribution < -0.4 is 14.8 Å². The highest BCUT2D eigenvalue weighted by atomic mass is 127. The van der Waals surface area contributed by atoms with E-state index in [9.17, 15) is 18.0 Å². The summed E-state index contributed by atoms with van der Waals surface area (Å²) in [6.07, 6.45) is -0.212. The lowest BCUT2D eigenvalue weighted by molar-refractivity contribution is -0.117. The number of halogens is 2. The van der Waals surface area contributed by atoms with E-state index >= 15 is 0 Å². The number of rotatable bonds is 10. The number of esters is 1. The number of carbonyl (C=O) groups excluding carboxylic acids is 2. The Kier molecular flexibility index (Phi) is 8.98. The standard InChI is InChI=1S/C24H22ClIN2O6S/c1-2-33-24(30)16-6-10-18(11-7-16)28(15-14-22(27)29)35(31,32)21-5-3-4-20(26)23(21)34-19-12-8-17(25)9-13-19/h3-13H,2,14-15H2,1H3,(H2,27,29). The van der Waals surface area contributed by atoms with Crippen molar-refractivity contribution in [3.8, 4) is 11.5 Å². The molecular weight excluding hydrogens is 607 g/mol.